The zero-order valence-electron chi connectivity index (χ0n) is 11.0. The third kappa shape index (κ3) is 4.07. The Morgan fingerprint density at radius 2 is 1.79 bits per heavy atom. The summed E-state index contributed by atoms with van der Waals surface area (Å²) >= 11 is 0. The molecule has 0 aromatic heterocycles. The summed E-state index contributed by atoms with van der Waals surface area (Å²) in [4.78, 5) is 0. The van der Waals surface area contributed by atoms with Crippen molar-refractivity contribution in [2.45, 2.75) is 13.0 Å². The summed E-state index contributed by atoms with van der Waals surface area (Å²) in [5, 5.41) is 3.34. The SMILES string of the molecule is COc1ccccc1CCNCc1ccc(F)cc1. The van der Waals surface area contributed by atoms with Gasteiger partial charge in [-0.2, -0.15) is 0 Å². The lowest BCUT2D eigenvalue weighted by molar-refractivity contribution is 0.409. The first-order chi connectivity index (χ1) is 9.29. The quantitative estimate of drug-likeness (QED) is 0.805. The maximum absolute atomic E-state index is 12.7. The largest absolute Gasteiger partial charge is 0.496 e. The zero-order chi connectivity index (χ0) is 13.5. The third-order valence-electron chi connectivity index (χ3n) is 3.01. The lowest BCUT2D eigenvalue weighted by Crippen LogP contribution is -2.16. The van der Waals surface area contributed by atoms with E-state index in [1.165, 1.54) is 17.7 Å². The Kier molecular flexibility index (Phi) is 4.93. The third-order valence-corrected chi connectivity index (χ3v) is 3.01. The number of halogens is 1. The van der Waals surface area contributed by atoms with Crippen LogP contribution in [0.15, 0.2) is 48.5 Å². The molecule has 2 aromatic rings. The van der Waals surface area contributed by atoms with Gasteiger partial charge in [-0.15, -0.1) is 0 Å². The Bertz CT molecular complexity index is 510. The zero-order valence-corrected chi connectivity index (χ0v) is 11.0. The van der Waals surface area contributed by atoms with Gasteiger partial charge in [-0.05, 0) is 42.3 Å². The number of hydrogen-bond acceptors (Lipinski definition) is 2. The monoisotopic (exact) mass is 259 g/mol. The van der Waals surface area contributed by atoms with E-state index >= 15 is 0 Å². The summed E-state index contributed by atoms with van der Waals surface area (Å²) in [5.41, 5.74) is 2.28. The molecule has 0 saturated carbocycles. The molecule has 3 heteroatoms. The maximum Gasteiger partial charge on any atom is 0.123 e. The second-order valence-electron chi connectivity index (χ2n) is 4.37. The minimum Gasteiger partial charge on any atom is -0.496 e. The highest BCUT2D eigenvalue weighted by atomic mass is 19.1. The van der Waals surface area contributed by atoms with Crippen molar-refractivity contribution in [3.05, 3.63) is 65.5 Å². The van der Waals surface area contributed by atoms with Crippen LogP contribution in [0.4, 0.5) is 4.39 Å². The molecule has 0 radical (unpaired) electrons. The average Bonchev–Trinajstić information content (AvgIpc) is 2.46. The molecule has 0 aliphatic heterocycles. The molecular weight excluding hydrogens is 241 g/mol. The Hall–Kier alpha value is -1.87. The van der Waals surface area contributed by atoms with Crippen LogP contribution < -0.4 is 10.1 Å². The van der Waals surface area contributed by atoms with Gasteiger partial charge in [0.2, 0.25) is 0 Å². The van der Waals surface area contributed by atoms with Crippen molar-refractivity contribution in [3.63, 3.8) is 0 Å². The predicted octanol–water partition coefficient (Wildman–Crippen LogP) is 3.17. The molecule has 0 fully saturated rings. The minimum absolute atomic E-state index is 0.197. The molecule has 2 rings (SSSR count). The highest BCUT2D eigenvalue weighted by Crippen LogP contribution is 2.17. The first kappa shape index (κ1) is 13.6. The van der Waals surface area contributed by atoms with E-state index in [1.807, 2.05) is 18.2 Å². The lowest BCUT2D eigenvalue weighted by atomic mass is 10.1. The molecule has 0 bridgehead atoms. The standard InChI is InChI=1S/C16H18FNO/c1-19-16-5-3-2-4-14(16)10-11-18-12-13-6-8-15(17)9-7-13/h2-9,18H,10-12H2,1H3. The molecule has 2 aromatic carbocycles. The van der Waals surface area contributed by atoms with Gasteiger partial charge in [-0.1, -0.05) is 30.3 Å². The number of para-hydroxylation sites is 1. The molecule has 0 aliphatic rings. The highest BCUT2D eigenvalue weighted by Gasteiger charge is 2.00. The van der Waals surface area contributed by atoms with Crippen LogP contribution in [-0.4, -0.2) is 13.7 Å². The van der Waals surface area contributed by atoms with E-state index in [-0.39, 0.29) is 5.82 Å². The fourth-order valence-corrected chi connectivity index (χ4v) is 1.97. The van der Waals surface area contributed by atoms with Gasteiger partial charge >= 0.3 is 0 Å². The molecule has 19 heavy (non-hydrogen) atoms. The van der Waals surface area contributed by atoms with Crippen molar-refractivity contribution >= 4 is 0 Å². The van der Waals surface area contributed by atoms with E-state index < -0.39 is 0 Å². The molecule has 0 atom stereocenters. The highest BCUT2D eigenvalue weighted by molar-refractivity contribution is 5.33. The van der Waals surface area contributed by atoms with Crippen LogP contribution in [0, 0.1) is 5.82 Å². The maximum atomic E-state index is 12.7. The first-order valence-electron chi connectivity index (χ1n) is 6.36. The predicted molar refractivity (Wildman–Crippen MR) is 74.8 cm³/mol. The van der Waals surface area contributed by atoms with Crippen LogP contribution in [0.5, 0.6) is 5.75 Å². The van der Waals surface area contributed by atoms with Gasteiger partial charge in [0, 0.05) is 6.54 Å². The Morgan fingerprint density at radius 1 is 1.05 bits per heavy atom. The molecule has 0 spiro atoms. The summed E-state index contributed by atoms with van der Waals surface area (Å²) < 4.78 is 18.0. The van der Waals surface area contributed by atoms with Gasteiger partial charge < -0.3 is 10.1 Å². The van der Waals surface area contributed by atoms with Crippen molar-refractivity contribution in [1.82, 2.24) is 5.32 Å². The van der Waals surface area contributed by atoms with E-state index in [0.717, 1.165) is 30.8 Å². The van der Waals surface area contributed by atoms with Gasteiger partial charge in [0.15, 0.2) is 0 Å². The fraction of sp³-hybridized carbons (Fsp3) is 0.250. The molecule has 100 valence electrons. The normalized spacial score (nSPS) is 10.4. The van der Waals surface area contributed by atoms with E-state index in [0.29, 0.717) is 0 Å². The van der Waals surface area contributed by atoms with Gasteiger partial charge in [-0.25, -0.2) is 4.39 Å². The van der Waals surface area contributed by atoms with E-state index in [9.17, 15) is 4.39 Å². The Balaban J connectivity index is 1.79. The first-order valence-corrected chi connectivity index (χ1v) is 6.36. The van der Waals surface area contributed by atoms with E-state index in [2.05, 4.69) is 11.4 Å². The number of ether oxygens (including phenoxy) is 1. The number of rotatable bonds is 6. The summed E-state index contributed by atoms with van der Waals surface area (Å²) in [6.07, 6.45) is 0.908. The molecule has 0 unspecified atom stereocenters. The lowest BCUT2D eigenvalue weighted by Gasteiger charge is -2.09. The Labute approximate surface area is 113 Å². The molecule has 0 heterocycles. The second-order valence-corrected chi connectivity index (χ2v) is 4.37. The van der Waals surface area contributed by atoms with Crippen molar-refractivity contribution in [1.29, 1.82) is 0 Å². The van der Waals surface area contributed by atoms with E-state index in [4.69, 9.17) is 4.74 Å². The van der Waals surface area contributed by atoms with Crippen LogP contribution in [0.1, 0.15) is 11.1 Å². The van der Waals surface area contributed by atoms with Crippen LogP contribution in [0.3, 0.4) is 0 Å². The molecule has 0 saturated heterocycles. The van der Waals surface area contributed by atoms with Crippen LogP contribution in [0.25, 0.3) is 0 Å². The number of methoxy groups -OCH3 is 1. The van der Waals surface area contributed by atoms with Crippen LogP contribution >= 0.6 is 0 Å². The number of benzene rings is 2. The number of hydrogen-bond donors (Lipinski definition) is 1. The summed E-state index contributed by atoms with van der Waals surface area (Å²) in [5.74, 6) is 0.726. The summed E-state index contributed by atoms with van der Waals surface area (Å²) in [6, 6.07) is 14.6. The minimum atomic E-state index is -0.197. The Morgan fingerprint density at radius 3 is 2.53 bits per heavy atom. The van der Waals surface area contributed by atoms with Crippen LogP contribution in [-0.2, 0) is 13.0 Å². The summed E-state index contributed by atoms with van der Waals surface area (Å²) in [7, 11) is 1.69. The average molecular weight is 259 g/mol. The topological polar surface area (TPSA) is 21.3 Å². The molecule has 0 amide bonds. The van der Waals surface area contributed by atoms with Gasteiger partial charge in [0.25, 0.3) is 0 Å². The smallest absolute Gasteiger partial charge is 0.123 e. The fourth-order valence-electron chi connectivity index (χ4n) is 1.97. The molecule has 1 N–H and O–H groups in total. The van der Waals surface area contributed by atoms with E-state index in [1.54, 1.807) is 19.2 Å². The van der Waals surface area contributed by atoms with Crippen molar-refractivity contribution in [2.24, 2.45) is 0 Å². The summed E-state index contributed by atoms with van der Waals surface area (Å²) in [6.45, 7) is 1.60. The van der Waals surface area contributed by atoms with Crippen LogP contribution in [0.2, 0.25) is 0 Å². The number of nitrogens with one attached hydrogen (secondary N) is 1. The van der Waals surface area contributed by atoms with Crippen molar-refractivity contribution < 1.29 is 9.13 Å². The second kappa shape index (κ2) is 6.90. The van der Waals surface area contributed by atoms with Crippen molar-refractivity contribution in [2.75, 3.05) is 13.7 Å². The molecule has 0 aliphatic carbocycles. The molecule has 2 nitrogen and oxygen atoms in total. The van der Waals surface area contributed by atoms with Crippen molar-refractivity contribution in [3.8, 4) is 5.75 Å². The van der Waals surface area contributed by atoms with Gasteiger partial charge in [0.1, 0.15) is 11.6 Å². The molecular formula is C16H18FNO. The van der Waals surface area contributed by atoms with Gasteiger partial charge in [-0.3, -0.25) is 0 Å². The van der Waals surface area contributed by atoms with Gasteiger partial charge in [0.05, 0.1) is 7.11 Å².